The number of rotatable bonds is 6. The molecule has 1 aromatic carbocycles. The predicted octanol–water partition coefficient (Wildman–Crippen LogP) is 2.42. The quantitative estimate of drug-likeness (QED) is 0.662. The monoisotopic (exact) mass is 377 g/mol. The van der Waals surface area contributed by atoms with Gasteiger partial charge in [0.25, 0.3) is 5.56 Å². The van der Waals surface area contributed by atoms with Gasteiger partial charge in [-0.15, -0.1) is 0 Å². The molecule has 1 aliphatic rings. The first-order chi connectivity index (χ1) is 13.7. The minimum absolute atomic E-state index is 0.0198. The van der Waals surface area contributed by atoms with E-state index in [1.165, 1.54) is 18.4 Å². The van der Waals surface area contributed by atoms with E-state index in [0.29, 0.717) is 19.0 Å². The molecule has 146 valence electrons. The van der Waals surface area contributed by atoms with E-state index in [0.717, 1.165) is 31.2 Å². The van der Waals surface area contributed by atoms with Gasteiger partial charge in [-0.3, -0.25) is 4.79 Å². The second-order valence-corrected chi connectivity index (χ2v) is 7.71. The van der Waals surface area contributed by atoms with E-state index in [2.05, 4.69) is 24.1 Å². The van der Waals surface area contributed by atoms with Crippen LogP contribution < -0.4 is 5.56 Å². The highest BCUT2D eigenvalue weighted by molar-refractivity contribution is 5.15. The first-order valence-corrected chi connectivity index (χ1v) is 9.98. The Hall–Kier alpha value is -2.73. The number of hydrogen-bond acceptors (Lipinski definition) is 4. The Morgan fingerprint density at radius 3 is 2.50 bits per heavy atom. The number of nitrogens with zero attached hydrogens (tertiary/aromatic N) is 5. The highest BCUT2D eigenvalue weighted by Crippen LogP contribution is 2.20. The van der Waals surface area contributed by atoms with Crippen LogP contribution in [0.15, 0.2) is 59.5 Å². The van der Waals surface area contributed by atoms with Crippen LogP contribution in [0.4, 0.5) is 0 Å². The van der Waals surface area contributed by atoms with Gasteiger partial charge < -0.3 is 9.47 Å². The lowest BCUT2D eigenvalue weighted by Crippen LogP contribution is -2.31. The Morgan fingerprint density at radius 1 is 1.00 bits per heavy atom. The standard InChI is InChI=1S/C22H27N5O/c1-25-13-10-18(11-14-25)15-20-23-21(17-26-12-6-5-9-22(26)28)27(24-20)16-19-7-3-2-4-8-19/h2-9,12,18H,10-11,13-17H2,1H3. The lowest BCUT2D eigenvalue weighted by molar-refractivity contribution is 0.217. The zero-order valence-electron chi connectivity index (χ0n) is 16.4. The molecule has 6 heteroatoms. The summed E-state index contributed by atoms with van der Waals surface area (Å²) in [6, 6.07) is 15.5. The smallest absolute Gasteiger partial charge is 0.250 e. The lowest BCUT2D eigenvalue weighted by Gasteiger charge is -2.28. The summed E-state index contributed by atoms with van der Waals surface area (Å²) in [5.74, 6) is 2.36. The number of likely N-dealkylation sites (tertiary alicyclic amines) is 1. The molecule has 4 rings (SSSR count). The van der Waals surface area contributed by atoms with Gasteiger partial charge in [0.05, 0.1) is 13.1 Å². The first-order valence-electron chi connectivity index (χ1n) is 9.98. The van der Waals surface area contributed by atoms with E-state index in [1.807, 2.05) is 28.9 Å². The van der Waals surface area contributed by atoms with Gasteiger partial charge in [0.15, 0.2) is 5.82 Å². The fourth-order valence-electron chi connectivity index (χ4n) is 3.78. The maximum atomic E-state index is 12.1. The summed E-state index contributed by atoms with van der Waals surface area (Å²) in [4.78, 5) is 19.4. The molecular weight excluding hydrogens is 350 g/mol. The van der Waals surface area contributed by atoms with Crippen LogP contribution >= 0.6 is 0 Å². The molecule has 28 heavy (non-hydrogen) atoms. The topological polar surface area (TPSA) is 56.0 Å². The molecule has 0 aliphatic carbocycles. The van der Waals surface area contributed by atoms with Crippen LogP contribution in [0, 0.1) is 5.92 Å². The maximum Gasteiger partial charge on any atom is 0.250 e. The van der Waals surface area contributed by atoms with E-state index >= 15 is 0 Å². The number of pyridine rings is 1. The Balaban J connectivity index is 1.57. The molecule has 0 radical (unpaired) electrons. The maximum absolute atomic E-state index is 12.1. The fraction of sp³-hybridized carbons (Fsp3) is 0.409. The molecule has 1 fully saturated rings. The Bertz CT molecular complexity index is 954. The Morgan fingerprint density at radius 2 is 1.75 bits per heavy atom. The van der Waals surface area contributed by atoms with Gasteiger partial charge >= 0.3 is 0 Å². The van der Waals surface area contributed by atoms with E-state index in [1.54, 1.807) is 22.9 Å². The summed E-state index contributed by atoms with van der Waals surface area (Å²) in [5, 5.41) is 4.82. The molecule has 3 heterocycles. The van der Waals surface area contributed by atoms with Crippen molar-refractivity contribution >= 4 is 0 Å². The van der Waals surface area contributed by atoms with E-state index in [-0.39, 0.29) is 5.56 Å². The van der Waals surface area contributed by atoms with E-state index < -0.39 is 0 Å². The van der Waals surface area contributed by atoms with Crippen molar-refractivity contribution in [3.05, 3.63) is 82.3 Å². The van der Waals surface area contributed by atoms with E-state index in [9.17, 15) is 4.79 Å². The summed E-state index contributed by atoms with van der Waals surface area (Å²) >= 11 is 0. The molecular formula is C22H27N5O. The average molecular weight is 377 g/mol. The van der Waals surface area contributed by atoms with Crippen LogP contribution in [-0.2, 0) is 19.5 Å². The van der Waals surface area contributed by atoms with Crippen molar-refractivity contribution in [3.8, 4) is 0 Å². The molecule has 1 saturated heterocycles. The summed E-state index contributed by atoms with van der Waals surface area (Å²) in [7, 11) is 2.18. The summed E-state index contributed by atoms with van der Waals surface area (Å²) in [6.45, 7) is 3.38. The summed E-state index contributed by atoms with van der Waals surface area (Å²) in [6.07, 6.45) is 5.10. The lowest BCUT2D eigenvalue weighted by atomic mass is 9.94. The van der Waals surface area contributed by atoms with Crippen molar-refractivity contribution < 1.29 is 0 Å². The minimum atomic E-state index is -0.0198. The molecule has 0 unspecified atom stereocenters. The van der Waals surface area contributed by atoms with Gasteiger partial charge in [0, 0.05) is 18.7 Å². The zero-order valence-corrected chi connectivity index (χ0v) is 16.4. The molecule has 2 aromatic heterocycles. The van der Waals surface area contributed by atoms with Crippen molar-refractivity contribution in [3.63, 3.8) is 0 Å². The Labute approximate surface area is 165 Å². The van der Waals surface area contributed by atoms with Gasteiger partial charge in [-0.2, -0.15) is 5.10 Å². The zero-order chi connectivity index (χ0) is 19.3. The first kappa shape index (κ1) is 18.6. The van der Waals surface area contributed by atoms with Gasteiger partial charge in [0.1, 0.15) is 5.82 Å². The van der Waals surface area contributed by atoms with E-state index in [4.69, 9.17) is 10.1 Å². The summed E-state index contributed by atoms with van der Waals surface area (Å²) < 4.78 is 3.64. The molecule has 6 nitrogen and oxygen atoms in total. The van der Waals surface area contributed by atoms with Crippen molar-refractivity contribution in [2.24, 2.45) is 5.92 Å². The van der Waals surface area contributed by atoms with Crippen LogP contribution in [-0.4, -0.2) is 44.4 Å². The third-order valence-electron chi connectivity index (χ3n) is 5.49. The molecule has 0 saturated carbocycles. The molecule has 1 aliphatic heterocycles. The fourth-order valence-corrected chi connectivity index (χ4v) is 3.78. The normalized spacial score (nSPS) is 15.8. The largest absolute Gasteiger partial charge is 0.308 e. The predicted molar refractivity (Wildman–Crippen MR) is 109 cm³/mol. The molecule has 0 amide bonds. The summed E-state index contributed by atoms with van der Waals surface area (Å²) in [5.41, 5.74) is 1.16. The van der Waals surface area contributed by atoms with Crippen molar-refractivity contribution in [2.75, 3.05) is 20.1 Å². The van der Waals surface area contributed by atoms with Crippen molar-refractivity contribution in [1.82, 2.24) is 24.2 Å². The number of aromatic nitrogens is 4. The highest BCUT2D eigenvalue weighted by atomic mass is 16.1. The second-order valence-electron chi connectivity index (χ2n) is 7.71. The SMILES string of the molecule is CN1CCC(Cc2nc(Cn3ccccc3=O)n(Cc3ccccc3)n2)CC1. The molecule has 0 bridgehead atoms. The molecule has 3 aromatic rings. The van der Waals surface area contributed by atoms with Crippen molar-refractivity contribution in [2.45, 2.75) is 32.4 Å². The van der Waals surface area contributed by atoms with Crippen LogP contribution in [0.5, 0.6) is 0 Å². The second kappa shape index (κ2) is 8.52. The third kappa shape index (κ3) is 4.57. The number of piperidine rings is 1. The van der Waals surface area contributed by atoms with Crippen LogP contribution in [0.2, 0.25) is 0 Å². The molecule has 0 N–H and O–H groups in total. The van der Waals surface area contributed by atoms with Crippen LogP contribution in [0.3, 0.4) is 0 Å². The number of hydrogen-bond donors (Lipinski definition) is 0. The van der Waals surface area contributed by atoms with Gasteiger partial charge in [0.2, 0.25) is 0 Å². The highest BCUT2D eigenvalue weighted by Gasteiger charge is 2.20. The van der Waals surface area contributed by atoms with Crippen molar-refractivity contribution in [1.29, 1.82) is 0 Å². The van der Waals surface area contributed by atoms with Gasteiger partial charge in [-0.25, -0.2) is 9.67 Å². The average Bonchev–Trinajstić information content (AvgIpc) is 3.07. The minimum Gasteiger partial charge on any atom is -0.308 e. The van der Waals surface area contributed by atoms with Gasteiger partial charge in [-0.1, -0.05) is 36.4 Å². The van der Waals surface area contributed by atoms with Crippen LogP contribution in [0.1, 0.15) is 30.1 Å². The van der Waals surface area contributed by atoms with Gasteiger partial charge in [-0.05, 0) is 50.5 Å². The number of benzene rings is 1. The molecule has 0 atom stereocenters. The third-order valence-corrected chi connectivity index (χ3v) is 5.49. The molecule has 0 spiro atoms. The van der Waals surface area contributed by atoms with Crippen LogP contribution in [0.25, 0.3) is 0 Å². The Kier molecular flexibility index (Phi) is 5.67.